The van der Waals surface area contributed by atoms with Crippen LogP contribution in [-0.4, -0.2) is 24.5 Å². The van der Waals surface area contributed by atoms with Gasteiger partial charge < -0.3 is 10.6 Å². The maximum absolute atomic E-state index is 9.41. The Kier molecular flexibility index (Phi) is 5.33. The van der Waals surface area contributed by atoms with Crippen LogP contribution in [0.2, 0.25) is 0 Å². The quantitative estimate of drug-likeness (QED) is 0.837. The van der Waals surface area contributed by atoms with Crippen LogP contribution in [0.5, 0.6) is 0 Å². The molecule has 98 valence electrons. The van der Waals surface area contributed by atoms with Crippen molar-refractivity contribution in [2.45, 2.75) is 38.3 Å². The summed E-state index contributed by atoms with van der Waals surface area (Å²) in [7, 11) is 2.04. The summed E-state index contributed by atoms with van der Waals surface area (Å²) < 4.78 is 0. The van der Waals surface area contributed by atoms with Crippen molar-refractivity contribution in [3.63, 3.8) is 0 Å². The molecule has 0 aromatic heterocycles. The molecule has 0 amide bonds. The number of nitriles is 1. The van der Waals surface area contributed by atoms with Crippen LogP contribution < -0.4 is 5.73 Å². The second kappa shape index (κ2) is 6.53. The molecule has 1 atom stereocenters. The van der Waals surface area contributed by atoms with Crippen LogP contribution in [0.15, 0.2) is 30.3 Å². The van der Waals surface area contributed by atoms with Gasteiger partial charge in [-0.3, -0.25) is 0 Å². The summed E-state index contributed by atoms with van der Waals surface area (Å²) in [6, 6.07) is 12.4. The van der Waals surface area contributed by atoms with Crippen molar-refractivity contribution in [3.8, 4) is 6.07 Å². The molecule has 1 rings (SSSR count). The first-order valence-corrected chi connectivity index (χ1v) is 6.53. The number of nitrogens with zero attached hydrogens (tertiary/aromatic N) is 2. The van der Waals surface area contributed by atoms with Gasteiger partial charge in [-0.2, -0.15) is 5.26 Å². The summed E-state index contributed by atoms with van der Waals surface area (Å²) in [6.45, 7) is 4.88. The van der Waals surface area contributed by atoms with Gasteiger partial charge in [0.2, 0.25) is 0 Å². The van der Waals surface area contributed by atoms with E-state index in [2.05, 4.69) is 24.8 Å². The van der Waals surface area contributed by atoms with Crippen LogP contribution in [0.3, 0.4) is 0 Å². The zero-order valence-electron chi connectivity index (χ0n) is 11.6. The third kappa shape index (κ3) is 3.32. The number of benzene rings is 1. The highest BCUT2D eigenvalue weighted by atomic mass is 15.1. The smallest absolute Gasteiger partial charge is 0.142 e. The SMILES string of the molecule is CCC(CC)N(C)CC(N)(C#N)c1ccccc1. The lowest BCUT2D eigenvalue weighted by atomic mass is 9.91. The highest BCUT2D eigenvalue weighted by molar-refractivity contribution is 5.31. The molecule has 0 fully saturated rings. The molecule has 2 N–H and O–H groups in total. The van der Waals surface area contributed by atoms with Crippen LogP contribution in [0.1, 0.15) is 32.3 Å². The number of hydrogen-bond donors (Lipinski definition) is 1. The van der Waals surface area contributed by atoms with E-state index < -0.39 is 5.54 Å². The van der Waals surface area contributed by atoms with Crippen LogP contribution in [0.4, 0.5) is 0 Å². The van der Waals surface area contributed by atoms with E-state index in [-0.39, 0.29) is 0 Å². The topological polar surface area (TPSA) is 53.0 Å². The Morgan fingerprint density at radius 1 is 1.28 bits per heavy atom. The molecule has 0 aliphatic rings. The van der Waals surface area contributed by atoms with E-state index in [1.807, 2.05) is 37.4 Å². The molecule has 0 aliphatic heterocycles. The van der Waals surface area contributed by atoms with Gasteiger partial charge in [-0.15, -0.1) is 0 Å². The minimum atomic E-state index is -0.932. The maximum Gasteiger partial charge on any atom is 0.142 e. The normalized spacial score (nSPS) is 14.5. The van der Waals surface area contributed by atoms with Crippen molar-refractivity contribution in [2.24, 2.45) is 5.73 Å². The molecule has 3 nitrogen and oxygen atoms in total. The summed E-state index contributed by atoms with van der Waals surface area (Å²) in [5.74, 6) is 0. The van der Waals surface area contributed by atoms with Gasteiger partial charge in [0.15, 0.2) is 0 Å². The van der Waals surface area contributed by atoms with Gasteiger partial charge in [0.1, 0.15) is 5.54 Å². The fourth-order valence-electron chi connectivity index (χ4n) is 2.36. The molecule has 0 spiro atoms. The van der Waals surface area contributed by atoms with E-state index in [9.17, 15) is 5.26 Å². The Bertz CT molecular complexity index is 392. The first-order valence-electron chi connectivity index (χ1n) is 6.53. The summed E-state index contributed by atoms with van der Waals surface area (Å²) in [5.41, 5.74) is 6.21. The van der Waals surface area contributed by atoms with E-state index >= 15 is 0 Å². The summed E-state index contributed by atoms with van der Waals surface area (Å²) in [6.07, 6.45) is 2.15. The molecule has 0 saturated heterocycles. The minimum Gasteiger partial charge on any atom is -0.309 e. The van der Waals surface area contributed by atoms with Crippen molar-refractivity contribution in [3.05, 3.63) is 35.9 Å². The van der Waals surface area contributed by atoms with Gasteiger partial charge >= 0.3 is 0 Å². The Hall–Kier alpha value is -1.37. The Labute approximate surface area is 110 Å². The van der Waals surface area contributed by atoms with E-state index in [0.29, 0.717) is 12.6 Å². The van der Waals surface area contributed by atoms with Crippen molar-refractivity contribution >= 4 is 0 Å². The van der Waals surface area contributed by atoms with E-state index in [0.717, 1.165) is 18.4 Å². The minimum absolute atomic E-state index is 0.477. The molecule has 0 aliphatic carbocycles. The van der Waals surface area contributed by atoms with Gasteiger partial charge in [-0.05, 0) is 25.5 Å². The molecular weight excluding hydrogens is 222 g/mol. The standard InChI is InChI=1S/C15H23N3/c1-4-14(5-2)18(3)12-15(17,11-16)13-9-7-6-8-10-13/h6-10,14H,4-5,12,17H2,1-3H3. The fraction of sp³-hybridized carbons (Fsp3) is 0.533. The summed E-state index contributed by atoms with van der Waals surface area (Å²) in [4.78, 5) is 2.19. The van der Waals surface area contributed by atoms with Gasteiger partial charge in [0, 0.05) is 12.6 Å². The van der Waals surface area contributed by atoms with Crippen molar-refractivity contribution in [1.82, 2.24) is 4.90 Å². The lowest BCUT2D eigenvalue weighted by Gasteiger charge is -2.33. The largest absolute Gasteiger partial charge is 0.309 e. The first-order chi connectivity index (χ1) is 8.57. The molecule has 3 heteroatoms. The Morgan fingerprint density at radius 2 is 1.83 bits per heavy atom. The first kappa shape index (κ1) is 14.7. The van der Waals surface area contributed by atoms with Crippen LogP contribution in [-0.2, 0) is 5.54 Å². The van der Waals surface area contributed by atoms with Crippen LogP contribution in [0, 0.1) is 11.3 Å². The van der Waals surface area contributed by atoms with Crippen molar-refractivity contribution < 1.29 is 0 Å². The molecule has 18 heavy (non-hydrogen) atoms. The van der Waals surface area contributed by atoms with E-state index in [1.165, 1.54) is 0 Å². The zero-order chi connectivity index (χ0) is 13.6. The van der Waals surface area contributed by atoms with E-state index in [1.54, 1.807) is 0 Å². The predicted molar refractivity (Wildman–Crippen MR) is 74.9 cm³/mol. The lowest BCUT2D eigenvalue weighted by molar-refractivity contribution is 0.198. The maximum atomic E-state index is 9.41. The van der Waals surface area contributed by atoms with Crippen molar-refractivity contribution in [2.75, 3.05) is 13.6 Å². The van der Waals surface area contributed by atoms with Gasteiger partial charge in [-0.25, -0.2) is 0 Å². The lowest BCUT2D eigenvalue weighted by Crippen LogP contribution is -2.48. The highest BCUT2D eigenvalue weighted by Crippen LogP contribution is 2.20. The number of rotatable bonds is 6. The second-order valence-corrected chi connectivity index (χ2v) is 4.83. The molecule has 0 bridgehead atoms. The summed E-state index contributed by atoms with van der Waals surface area (Å²) in [5, 5.41) is 9.41. The Balaban J connectivity index is 2.88. The van der Waals surface area contributed by atoms with Gasteiger partial charge in [0.05, 0.1) is 6.07 Å². The monoisotopic (exact) mass is 245 g/mol. The van der Waals surface area contributed by atoms with Gasteiger partial charge in [-0.1, -0.05) is 44.2 Å². The van der Waals surface area contributed by atoms with Gasteiger partial charge in [0.25, 0.3) is 0 Å². The Morgan fingerprint density at radius 3 is 2.28 bits per heavy atom. The van der Waals surface area contributed by atoms with Crippen LogP contribution >= 0.6 is 0 Å². The van der Waals surface area contributed by atoms with Crippen molar-refractivity contribution in [1.29, 1.82) is 5.26 Å². The molecular formula is C15H23N3. The molecule has 0 radical (unpaired) electrons. The molecule has 0 saturated carbocycles. The predicted octanol–water partition coefficient (Wildman–Crippen LogP) is 2.48. The summed E-state index contributed by atoms with van der Waals surface area (Å²) >= 11 is 0. The number of nitrogens with two attached hydrogens (primary N) is 1. The van der Waals surface area contributed by atoms with Crippen LogP contribution in [0.25, 0.3) is 0 Å². The van der Waals surface area contributed by atoms with E-state index in [4.69, 9.17) is 5.73 Å². The molecule has 1 unspecified atom stereocenters. The number of hydrogen-bond acceptors (Lipinski definition) is 3. The number of likely N-dealkylation sites (N-methyl/N-ethyl adjacent to an activating group) is 1. The third-order valence-electron chi connectivity index (χ3n) is 3.55. The second-order valence-electron chi connectivity index (χ2n) is 4.83. The third-order valence-corrected chi connectivity index (χ3v) is 3.55. The molecule has 0 heterocycles. The fourth-order valence-corrected chi connectivity index (χ4v) is 2.36. The average Bonchev–Trinajstić information content (AvgIpc) is 2.41. The highest BCUT2D eigenvalue weighted by Gasteiger charge is 2.30. The molecule has 1 aromatic rings. The molecule has 1 aromatic carbocycles. The zero-order valence-corrected chi connectivity index (χ0v) is 11.6. The average molecular weight is 245 g/mol.